The number of imidazole rings is 1. The second-order valence-corrected chi connectivity index (χ2v) is 4.18. The van der Waals surface area contributed by atoms with Gasteiger partial charge in [0.1, 0.15) is 0 Å². The molecule has 0 bridgehead atoms. The number of nitrogen functional groups attached to an aromatic ring is 2. The number of hydrogen-bond donors (Lipinski definition) is 2. The van der Waals surface area contributed by atoms with Crippen LogP contribution in [0.4, 0.5) is 25.2 Å². The van der Waals surface area contributed by atoms with Gasteiger partial charge in [0.05, 0.1) is 0 Å². The number of hydrogen-bond acceptors (Lipinski definition) is 2. The van der Waals surface area contributed by atoms with Gasteiger partial charge in [-0.15, -0.1) is 9.35 Å². The molecule has 4 N–H and O–H groups in total. The number of aromatic nitrogens is 2. The number of nitrogens with zero attached hydrogens (tertiary/aromatic N) is 2. The van der Waals surface area contributed by atoms with Crippen LogP contribution in [0.1, 0.15) is 0 Å². The predicted octanol–water partition coefficient (Wildman–Crippen LogP) is 1.59. The molecule has 0 fully saturated rings. The Bertz CT molecular complexity index is 283. The average Bonchev–Trinajstić information content (AvgIpc) is 2.04. The van der Waals surface area contributed by atoms with Crippen LogP contribution < -0.4 is 16.4 Å². The van der Waals surface area contributed by atoms with Crippen LogP contribution in [-0.2, 0) is 0 Å². The van der Waals surface area contributed by atoms with E-state index in [2.05, 4.69) is 0 Å². The van der Waals surface area contributed by atoms with E-state index in [0.29, 0.717) is 0 Å². The summed E-state index contributed by atoms with van der Waals surface area (Å²) in [5, 5.41) is 0. The number of halogens is 6. The number of rotatable bonds is 0. The summed E-state index contributed by atoms with van der Waals surface area (Å²) in [7, 11) is -10.7. The van der Waals surface area contributed by atoms with Crippen LogP contribution in [0.25, 0.3) is 0 Å². The zero-order valence-electron chi connectivity index (χ0n) is 6.50. The molecule has 0 unspecified atom stereocenters. The fourth-order valence-corrected chi connectivity index (χ4v) is 0.385. The standard InChI is InChI=1S/C3H7N4.F6P/c4-6-1-2-7(5)3-6;1-7(2,3,4,5)6/h1-3H,4-5H2;/q+1;-1. The molecule has 0 saturated heterocycles. The minimum Gasteiger partial charge on any atom is -0.269 e. The number of nitrogens with two attached hydrogens (primary N) is 2. The predicted molar refractivity (Wildman–Crippen MR) is 38.5 cm³/mol. The van der Waals surface area contributed by atoms with Crippen LogP contribution in [0.5, 0.6) is 0 Å². The van der Waals surface area contributed by atoms with E-state index in [9.17, 15) is 25.2 Å². The van der Waals surface area contributed by atoms with E-state index in [4.69, 9.17) is 11.7 Å². The third-order valence-corrected chi connectivity index (χ3v) is 0.678. The second-order valence-electron chi connectivity index (χ2n) is 2.27. The van der Waals surface area contributed by atoms with Crippen molar-refractivity contribution < 1.29 is 29.9 Å². The van der Waals surface area contributed by atoms with Gasteiger partial charge in [-0.2, -0.15) is 0 Å². The zero-order chi connectivity index (χ0) is 11.7. The van der Waals surface area contributed by atoms with E-state index in [-0.39, 0.29) is 0 Å². The summed E-state index contributed by atoms with van der Waals surface area (Å²) in [5.41, 5.74) is 0. The molecule has 0 aliphatic carbocycles. The molecule has 1 rings (SSSR count). The molecule has 0 spiro atoms. The topological polar surface area (TPSA) is 60.8 Å². The van der Waals surface area contributed by atoms with Gasteiger partial charge in [-0.1, -0.05) is 0 Å². The van der Waals surface area contributed by atoms with Crippen LogP contribution in [0.2, 0.25) is 0 Å². The SMILES string of the molecule is F[P-](F)(F)(F)(F)F.Nn1cc[n+](N)c1. The van der Waals surface area contributed by atoms with Crippen molar-refractivity contribution in [3.8, 4) is 0 Å². The van der Waals surface area contributed by atoms with Crippen LogP contribution in [0.15, 0.2) is 18.7 Å². The molecular weight excluding hydrogens is 237 g/mol. The van der Waals surface area contributed by atoms with Gasteiger partial charge in [0.25, 0.3) is 6.33 Å². The van der Waals surface area contributed by atoms with E-state index in [1.807, 2.05) is 0 Å². The molecule has 14 heavy (non-hydrogen) atoms. The summed E-state index contributed by atoms with van der Waals surface area (Å²) in [6, 6.07) is 0. The molecular formula is C3H7F6N4P. The van der Waals surface area contributed by atoms with Crippen molar-refractivity contribution in [3.05, 3.63) is 18.7 Å². The first-order valence-electron chi connectivity index (χ1n) is 2.90. The first kappa shape index (κ1) is 12.8. The summed E-state index contributed by atoms with van der Waals surface area (Å²) in [6.45, 7) is 0. The van der Waals surface area contributed by atoms with Crippen LogP contribution in [-0.4, -0.2) is 4.68 Å². The second kappa shape index (κ2) is 2.66. The van der Waals surface area contributed by atoms with Crippen LogP contribution in [0.3, 0.4) is 0 Å². The molecule has 0 radical (unpaired) electrons. The Labute approximate surface area is 73.9 Å². The minimum atomic E-state index is -10.7. The summed E-state index contributed by atoms with van der Waals surface area (Å²) >= 11 is 0. The van der Waals surface area contributed by atoms with E-state index >= 15 is 0 Å². The normalized spacial score (nSPS) is 16.1. The Morgan fingerprint density at radius 2 is 1.43 bits per heavy atom. The molecule has 1 heterocycles. The summed E-state index contributed by atoms with van der Waals surface area (Å²) in [5.74, 6) is 10.4. The third-order valence-electron chi connectivity index (χ3n) is 0.678. The average molecular weight is 244 g/mol. The first-order chi connectivity index (χ1) is 5.74. The van der Waals surface area contributed by atoms with Crippen molar-refractivity contribution in [1.82, 2.24) is 4.68 Å². The Balaban J connectivity index is 0.000000241. The molecule has 86 valence electrons. The fourth-order valence-electron chi connectivity index (χ4n) is 0.385. The molecule has 0 aliphatic rings. The van der Waals surface area contributed by atoms with E-state index < -0.39 is 7.81 Å². The first-order valence-corrected chi connectivity index (χ1v) is 4.93. The van der Waals surface area contributed by atoms with E-state index in [1.165, 1.54) is 9.35 Å². The molecule has 0 saturated carbocycles. The van der Waals surface area contributed by atoms with Crippen LogP contribution >= 0.6 is 7.81 Å². The zero-order valence-corrected chi connectivity index (χ0v) is 7.39. The van der Waals surface area contributed by atoms with Gasteiger partial charge in [-0.05, 0) is 0 Å². The Hall–Kier alpha value is -1.18. The maximum Gasteiger partial charge on any atom is 0.290 e. The summed E-state index contributed by atoms with van der Waals surface area (Å²) in [4.78, 5) is 0. The van der Waals surface area contributed by atoms with Gasteiger partial charge in [0, 0.05) is 0 Å². The van der Waals surface area contributed by atoms with Gasteiger partial charge in [0.15, 0.2) is 12.4 Å². The monoisotopic (exact) mass is 244 g/mol. The molecule has 0 aromatic carbocycles. The smallest absolute Gasteiger partial charge is 0.269 e. The molecule has 0 atom stereocenters. The molecule has 0 amide bonds. The minimum absolute atomic E-state index is 1.38. The molecule has 11 heteroatoms. The molecule has 0 aliphatic heterocycles. The van der Waals surface area contributed by atoms with Crippen molar-refractivity contribution >= 4 is 7.81 Å². The van der Waals surface area contributed by atoms with Gasteiger partial charge in [-0.25, -0.2) is 0 Å². The fraction of sp³-hybridized carbons (Fsp3) is 0. The van der Waals surface area contributed by atoms with Gasteiger partial charge in [0.2, 0.25) is 0 Å². The van der Waals surface area contributed by atoms with Crippen molar-refractivity contribution in [2.75, 3.05) is 11.7 Å². The van der Waals surface area contributed by atoms with Crippen molar-refractivity contribution in [3.63, 3.8) is 0 Å². The van der Waals surface area contributed by atoms with Crippen LogP contribution in [0, 0.1) is 0 Å². The third kappa shape index (κ3) is 17.1. The van der Waals surface area contributed by atoms with Crippen molar-refractivity contribution in [1.29, 1.82) is 0 Å². The Morgan fingerprint density at radius 3 is 1.50 bits per heavy atom. The van der Waals surface area contributed by atoms with Gasteiger partial charge >= 0.3 is 33.0 Å². The molecule has 4 nitrogen and oxygen atoms in total. The maximum absolute atomic E-state index is 10.7. The van der Waals surface area contributed by atoms with E-state index in [1.54, 1.807) is 18.7 Å². The Kier molecular flexibility index (Phi) is 2.43. The summed E-state index contributed by atoms with van der Waals surface area (Å²) < 4.78 is 61.9. The van der Waals surface area contributed by atoms with Crippen molar-refractivity contribution in [2.45, 2.75) is 0 Å². The Morgan fingerprint density at radius 1 is 1.07 bits per heavy atom. The molecule has 1 aromatic rings. The maximum atomic E-state index is 9.87. The van der Waals surface area contributed by atoms with Crippen molar-refractivity contribution in [2.24, 2.45) is 0 Å². The van der Waals surface area contributed by atoms with Gasteiger partial charge < -0.3 is 0 Å². The van der Waals surface area contributed by atoms with E-state index in [0.717, 1.165) is 0 Å². The quantitative estimate of drug-likeness (QED) is 0.315. The van der Waals surface area contributed by atoms with Gasteiger partial charge in [-0.3, -0.25) is 11.7 Å². The summed E-state index contributed by atoms with van der Waals surface area (Å²) in [6.07, 6.45) is 4.86. The molecule has 1 aromatic heterocycles. The largest absolute Gasteiger partial charge is 0.290 e.